The number of hydrogen-bond acceptors (Lipinski definition) is 5. The smallest absolute Gasteiger partial charge is 0.331 e. The Balaban J connectivity index is 1.42. The number of rotatable bonds is 3. The molecule has 0 unspecified atom stereocenters. The molecule has 166 valence electrons. The lowest BCUT2D eigenvalue weighted by Gasteiger charge is -2.38. The van der Waals surface area contributed by atoms with E-state index in [1.165, 1.54) is 0 Å². The number of aromatic nitrogens is 2. The van der Waals surface area contributed by atoms with Gasteiger partial charge in [0, 0.05) is 41.2 Å². The molecule has 1 aromatic heterocycles. The first-order chi connectivity index (χ1) is 15.3. The van der Waals surface area contributed by atoms with E-state index in [4.69, 9.17) is 11.6 Å². The fraction of sp³-hybridized carbons (Fsp3) is 0.318. The molecule has 2 atom stereocenters. The molecule has 0 spiro atoms. The molecule has 2 aliphatic rings. The lowest BCUT2D eigenvalue weighted by molar-refractivity contribution is -0.159. The molecule has 2 aliphatic heterocycles. The first kappa shape index (κ1) is 21.0. The third kappa shape index (κ3) is 3.75. The molecule has 6 nitrogen and oxygen atoms in total. The van der Waals surface area contributed by atoms with Crippen LogP contribution in [-0.2, 0) is 12.7 Å². The number of alkyl halides is 3. The monoisotopic (exact) mass is 462 g/mol. The van der Waals surface area contributed by atoms with Crippen LogP contribution in [0, 0.1) is 0 Å². The molecule has 10 heteroatoms. The van der Waals surface area contributed by atoms with Gasteiger partial charge in [-0.05, 0) is 42.3 Å². The number of carbonyl (C=O) groups is 1. The van der Waals surface area contributed by atoms with E-state index in [1.54, 1.807) is 18.2 Å². The normalized spacial score (nSPS) is 21.1. The Bertz CT molecular complexity index is 1160. The van der Waals surface area contributed by atoms with Gasteiger partial charge in [0.15, 0.2) is 0 Å². The highest BCUT2D eigenvalue weighted by atomic mass is 35.5. The first-order valence-corrected chi connectivity index (χ1v) is 10.5. The summed E-state index contributed by atoms with van der Waals surface area (Å²) in [7, 11) is 0. The highest BCUT2D eigenvalue weighted by molar-refractivity contribution is 6.30. The van der Waals surface area contributed by atoms with Gasteiger partial charge in [0.05, 0.1) is 0 Å². The van der Waals surface area contributed by atoms with Crippen molar-refractivity contribution in [2.75, 3.05) is 13.1 Å². The zero-order valence-corrected chi connectivity index (χ0v) is 17.5. The van der Waals surface area contributed by atoms with Crippen molar-refractivity contribution in [2.45, 2.75) is 31.1 Å². The quantitative estimate of drug-likeness (QED) is 0.620. The highest BCUT2D eigenvalue weighted by Crippen LogP contribution is 2.36. The van der Waals surface area contributed by atoms with Crippen molar-refractivity contribution < 1.29 is 22.5 Å². The first-order valence-electron chi connectivity index (χ1n) is 10.1. The van der Waals surface area contributed by atoms with Crippen LogP contribution in [0.5, 0.6) is 0 Å². The van der Waals surface area contributed by atoms with Crippen molar-refractivity contribution in [1.82, 2.24) is 20.4 Å². The molecule has 0 aliphatic carbocycles. The topological polar surface area (TPSA) is 71.3 Å². The zero-order chi connectivity index (χ0) is 22.5. The summed E-state index contributed by atoms with van der Waals surface area (Å²) < 4.78 is 42.7. The minimum absolute atomic E-state index is 0.0113. The van der Waals surface area contributed by atoms with Crippen LogP contribution in [0.15, 0.2) is 47.0 Å². The number of hydrogen-bond donors (Lipinski definition) is 1. The van der Waals surface area contributed by atoms with E-state index in [9.17, 15) is 18.0 Å². The molecule has 0 radical (unpaired) electrons. The summed E-state index contributed by atoms with van der Waals surface area (Å²) in [5, 5.41) is 7.47. The van der Waals surface area contributed by atoms with Gasteiger partial charge in [-0.2, -0.15) is 18.2 Å². The molecule has 1 saturated heterocycles. The van der Waals surface area contributed by atoms with Crippen molar-refractivity contribution in [3.05, 3.63) is 70.1 Å². The predicted molar refractivity (Wildman–Crippen MR) is 110 cm³/mol. The van der Waals surface area contributed by atoms with E-state index < -0.39 is 12.1 Å². The Morgan fingerprint density at radius 3 is 2.66 bits per heavy atom. The third-order valence-electron chi connectivity index (χ3n) is 6.01. The zero-order valence-electron chi connectivity index (χ0n) is 16.7. The van der Waals surface area contributed by atoms with Crippen LogP contribution >= 0.6 is 11.6 Å². The number of fused-ring (bicyclic) bond motifs is 1. The SMILES string of the molecule is O=C1c2cc(-c3noc(C(F)(F)F)n3)ccc2CN1[C@@H]1CCNC[C@H]1c1ccc(Cl)cc1. The van der Waals surface area contributed by atoms with E-state index in [-0.39, 0.29) is 23.7 Å². The van der Waals surface area contributed by atoms with Crippen molar-refractivity contribution >= 4 is 17.5 Å². The van der Waals surface area contributed by atoms with E-state index in [0.717, 1.165) is 30.6 Å². The number of carbonyl (C=O) groups excluding carboxylic acids is 1. The standard InChI is InChI=1S/C22H18ClF3N4O2/c23-15-5-3-12(4-6-15)17-10-27-8-7-18(17)30-11-14-2-1-13(9-16(14)20(30)31)19-28-21(32-29-19)22(24,25)26/h1-6,9,17-18,27H,7-8,10-11H2/t17-,18+/m0/s1. The van der Waals surface area contributed by atoms with Crippen LogP contribution in [-0.4, -0.2) is 40.1 Å². The maximum absolute atomic E-state index is 13.3. The third-order valence-corrected chi connectivity index (χ3v) is 6.26. The molecule has 3 aromatic rings. The summed E-state index contributed by atoms with van der Waals surface area (Å²) >= 11 is 6.03. The molecule has 0 saturated carbocycles. The van der Waals surface area contributed by atoms with E-state index in [1.807, 2.05) is 29.2 Å². The Labute approximate surface area is 186 Å². The molecule has 1 amide bonds. The molecule has 32 heavy (non-hydrogen) atoms. The van der Waals surface area contributed by atoms with Crippen LogP contribution in [0.4, 0.5) is 13.2 Å². The minimum atomic E-state index is -4.72. The Morgan fingerprint density at radius 1 is 1.16 bits per heavy atom. The Kier molecular flexibility index (Phi) is 5.17. The summed E-state index contributed by atoms with van der Waals surface area (Å²) in [6.45, 7) is 1.98. The van der Waals surface area contributed by atoms with Gasteiger partial charge < -0.3 is 14.7 Å². The lowest BCUT2D eigenvalue weighted by Crippen LogP contribution is -2.48. The van der Waals surface area contributed by atoms with E-state index >= 15 is 0 Å². The maximum Gasteiger partial charge on any atom is 0.471 e. The number of benzene rings is 2. The second-order valence-corrected chi connectivity index (χ2v) is 8.38. The van der Waals surface area contributed by atoms with Crippen molar-refractivity contribution in [3.8, 4) is 11.4 Å². The molecular formula is C22H18ClF3N4O2. The Morgan fingerprint density at radius 2 is 1.94 bits per heavy atom. The summed E-state index contributed by atoms with van der Waals surface area (Å²) in [6, 6.07) is 12.5. The minimum Gasteiger partial charge on any atom is -0.331 e. The van der Waals surface area contributed by atoms with E-state index in [2.05, 4.69) is 20.0 Å². The van der Waals surface area contributed by atoms with Crippen molar-refractivity contribution in [3.63, 3.8) is 0 Å². The fourth-order valence-electron chi connectivity index (χ4n) is 4.45. The van der Waals surface area contributed by atoms with Crippen LogP contribution < -0.4 is 5.32 Å². The number of nitrogens with one attached hydrogen (secondary N) is 1. The van der Waals surface area contributed by atoms with Crippen LogP contribution in [0.3, 0.4) is 0 Å². The van der Waals surface area contributed by atoms with Gasteiger partial charge in [-0.1, -0.05) is 41.0 Å². The van der Waals surface area contributed by atoms with Crippen molar-refractivity contribution in [1.29, 1.82) is 0 Å². The van der Waals surface area contributed by atoms with Gasteiger partial charge in [0.25, 0.3) is 5.91 Å². The number of halogens is 4. The molecule has 0 bridgehead atoms. The lowest BCUT2D eigenvalue weighted by atomic mass is 9.86. The van der Waals surface area contributed by atoms with Crippen LogP contribution in [0.25, 0.3) is 11.4 Å². The van der Waals surface area contributed by atoms with Gasteiger partial charge in [0.1, 0.15) is 0 Å². The maximum atomic E-state index is 13.3. The van der Waals surface area contributed by atoms with Crippen molar-refractivity contribution in [2.24, 2.45) is 0 Å². The predicted octanol–water partition coefficient (Wildman–Crippen LogP) is 4.51. The average Bonchev–Trinajstić information content (AvgIpc) is 3.40. The summed E-state index contributed by atoms with van der Waals surface area (Å²) in [5.74, 6) is -1.66. The van der Waals surface area contributed by atoms with Gasteiger partial charge in [-0.15, -0.1) is 0 Å². The molecule has 5 rings (SSSR count). The molecular weight excluding hydrogens is 445 g/mol. The van der Waals surface area contributed by atoms with Gasteiger partial charge in [-0.25, -0.2) is 0 Å². The fourth-order valence-corrected chi connectivity index (χ4v) is 4.58. The largest absolute Gasteiger partial charge is 0.471 e. The average molecular weight is 463 g/mol. The molecule has 1 N–H and O–H groups in total. The molecule has 2 aromatic carbocycles. The van der Waals surface area contributed by atoms with Gasteiger partial charge >= 0.3 is 12.1 Å². The summed E-state index contributed by atoms with van der Waals surface area (Å²) in [6.07, 6.45) is -3.93. The number of amides is 1. The molecule has 1 fully saturated rings. The Hall–Kier alpha value is -2.91. The summed E-state index contributed by atoms with van der Waals surface area (Å²) in [4.78, 5) is 18.6. The number of nitrogens with zero attached hydrogens (tertiary/aromatic N) is 3. The van der Waals surface area contributed by atoms with Crippen LogP contribution in [0.1, 0.15) is 39.7 Å². The summed E-state index contributed by atoms with van der Waals surface area (Å²) in [5.41, 5.74) is 2.68. The second-order valence-electron chi connectivity index (χ2n) is 7.94. The van der Waals surface area contributed by atoms with E-state index in [0.29, 0.717) is 22.7 Å². The second kappa shape index (κ2) is 7.90. The van der Waals surface area contributed by atoms with Crippen LogP contribution in [0.2, 0.25) is 5.02 Å². The highest BCUT2D eigenvalue weighted by Gasteiger charge is 2.40. The number of piperidine rings is 1. The molecule has 3 heterocycles. The van der Waals surface area contributed by atoms with Gasteiger partial charge in [0.2, 0.25) is 5.82 Å². The van der Waals surface area contributed by atoms with Gasteiger partial charge in [-0.3, -0.25) is 4.79 Å².